The Balaban J connectivity index is 2.20. The van der Waals surface area contributed by atoms with Gasteiger partial charge in [0.25, 0.3) is 5.91 Å². The van der Waals surface area contributed by atoms with E-state index in [-0.39, 0.29) is 29.6 Å². The number of ether oxygens (including phenoxy) is 2. The molecule has 9 nitrogen and oxygen atoms in total. The normalized spacial score (nSPS) is 11.4. The maximum atomic E-state index is 13.1. The molecule has 0 saturated carbocycles. The number of nitrogens with one attached hydrogen (secondary N) is 1. The van der Waals surface area contributed by atoms with E-state index in [1.165, 1.54) is 30.2 Å². The summed E-state index contributed by atoms with van der Waals surface area (Å²) in [5, 5.41) is 14.7. The summed E-state index contributed by atoms with van der Waals surface area (Å²) in [6.07, 6.45) is 1.74. The van der Waals surface area contributed by atoms with Crippen molar-refractivity contribution in [3.63, 3.8) is 0 Å². The Morgan fingerprint density at radius 2 is 1.94 bits per heavy atom. The highest BCUT2D eigenvalue weighted by atomic mass is 35.5. The van der Waals surface area contributed by atoms with Crippen molar-refractivity contribution in [1.29, 1.82) is 0 Å². The van der Waals surface area contributed by atoms with Crippen molar-refractivity contribution in [2.45, 2.75) is 39.3 Å². The number of amides is 2. The van der Waals surface area contributed by atoms with E-state index in [9.17, 15) is 19.7 Å². The van der Waals surface area contributed by atoms with E-state index in [2.05, 4.69) is 5.32 Å². The second kappa shape index (κ2) is 13.0. The first kappa shape index (κ1) is 27.2. The molecule has 0 aliphatic rings. The summed E-state index contributed by atoms with van der Waals surface area (Å²) in [6.45, 7) is 3.79. The quantitative estimate of drug-likeness (QED) is 0.252. The molecule has 0 aliphatic carbocycles. The van der Waals surface area contributed by atoms with Gasteiger partial charge in [0, 0.05) is 35.3 Å². The fourth-order valence-electron chi connectivity index (χ4n) is 3.08. The van der Waals surface area contributed by atoms with Crippen LogP contribution in [0, 0.1) is 10.1 Å². The topological polar surface area (TPSA) is 111 Å². The molecule has 0 heterocycles. The number of methoxy groups -OCH3 is 1. The van der Waals surface area contributed by atoms with Gasteiger partial charge in [0.1, 0.15) is 11.8 Å². The number of carbonyl (C=O) groups is 2. The van der Waals surface area contributed by atoms with Crippen LogP contribution in [0.4, 0.5) is 5.69 Å². The molecule has 2 amide bonds. The Kier molecular flexibility index (Phi) is 10.4. The summed E-state index contributed by atoms with van der Waals surface area (Å²) in [4.78, 5) is 37.6. The number of nitrogens with zero attached hydrogens (tertiary/aromatic N) is 2. The van der Waals surface area contributed by atoms with E-state index in [0.717, 1.165) is 12.8 Å². The number of benzene rings is 2. The lowest BCUT2D eigenvalue weighted by Gasteiger charge is -2.29. The van der Waals surface area contributed by atoms with Crippen molar-refractivity contribution in [1.82, 2.24) is 10.2 Å². The second-order valence-electron chi connectivity index (χ2n) is 7.46. The third kappa shape index (κ3) is 7.50. The lowest BCUT2D eigenvalue weighted by atomic mass is 10.1. The monoisotopic (exact) mass is 511 g/mol. The molecule has 0 aliphatic heterocycles. The highest BCUT2D eigenvalue weighted by Gasteiger charge is 2.27. The lowest BCUT2D eigenvalue weighted by Crippen LogP contribution is -2.49. The molecule has 0 saturated heterocycles. The molecule has 2 aromatic carbocycles. The number of nitro benzene ring substituents is 1. The minimum Gasteiger partial charge on any atom is -0.490 e. The van der Waals surface area contributed by atoms with Crippen molar-refractivity contribution in [3.8, 4) is 11.5 Å². The number of unbranched alkanes of at least 4 members (excludes halogenated alkanes) is 1. The van der Waals surface area contributed by atoms with E-state index in [0.29, 0.717) is 22.2 Å². The zero-order valence-electron chi connectivity index (χ0n) is 19.2. The molecule has 0 spiro atoms. The van der Waals surface area contributed by atoms with E-state index in [1.54, 1.807) is 25.1 Å². The highest BCUT2D eigenvalue weighted by Crippen LogP contribution is 2.31. The van der Waals surface area contributed by atoms with Gasteiger partial charge < -0.3 is 19.7 Å². The van der Waals surface area contributed by atoms with E-state index in [4.69, 9.17) is 32.7 Å². The van der Waals surface area contributed by atoms with Crippen LogP contribution in [0.3, 0.4) is 0 Å². The molecule has 0 fully saturated rings. The minimum atomic E-state index is -0.800. The molecule has 11 heteroatoms. The maximum absolute atomic E-state index is 13.1. The predicted octanol–water partition coefficient (Wildman–Crippen LogP) is 4.62. The van der Waals surface area contributed by atoms with Crippen LogP contribution in [-0.4, -0.2) is 47.9 Å². The molecule has 0 aromatic heterocycles. The van der Waals surface area contributed by atoms with Crippen molar-refractivity contribution in [2.24, 2.45) is 0 Å². The van der Waals surface area contributed by atoms with Gasteiger partial charge in [-0.05, 0) is 37.1 Å². The van der Waals surface area contributed by atoms with Crippen LogP contribution in [0.2, 0.25) is 10.0 Å². The lowest BCUT2D eigenvalue weighted by molar-refractivity contribution is -0.385. The third-order valence-electron chi connectivity index (χ3n) is 5.06. The zero-order valence-corrected chi connectivity index (χ0v) is 20.7. The molecule has 2 aromatic rings. The van der Waals surface area contributed by atoms with Gasteiger partial charge >= 0.3 is 5.69 Å². The average Bonchev–Trinajstić information content (AvgIpc) is 2.81. The summed E-state index contributed by atoms with van der Waals surface area (Å²) < 4.78 is 10.6. The number of halogens is 2. The first-order valence-corrected chi connectivity index (χ1v) is 11.4. The Morgan fingerprint density at radius 1 is 1.21 bits per heavy atom. The van der Waals surface area contributed by atoms with Crippen LogP contribution in [0.25, 0.3) is 0 Å². The van der Waals surface area contributed by atoms with Gasteiger partial charge in [-0.1, -0.05) is 42.6 Å². The Labute approximate surface area is 208 Å². The smallest absolute Gasteiger partial charge is 0.311 e. The van der Waals surface area contributed by atoms with Crippen molar-refractivity contribution >= 4 is 40.7 Å². The number of nitro groups is 1. The fourth-order valence-corrected chi connectivity index (χ4v) is 3.55. The standard InChI is InChI=1S/C23H27Cl2N3O6/c1-4-5-10-26-23(30)15(2)27(13-16-6-7-17(24)11-19(16)25)22(29)14-34-18-8-9-20(28(31)32)21(12-18)33-3/h6-9,11-12,15H,4-5,10,13-14H2,1-3H3,(H,26,30)/t15-/m0/s1. The zero-order chi connectivity index (χ0) is 25.3. The Hall–Kier alpha value is -3.04. The number of carbonyl (C=O) groups excluding carboxylic acids is 2. The molecule has 0 unspecified atom stereocenters. The largest absolute Gasteiger partial charge is 0.490 e. The number of hydrogen-bond donors (Lipinski definition) is 1. The highest BCUT2D eigenvalue weighted by molar-refractivity contribution is 6.35. The van der Waals surface area contributed by atoms with E-state index in [1.807, 2.05) is 6.92 Å². The minimum absolute atomic E-state index is 0.00317. The molecule has 0 bridgehead atoms. The average molecular weight is 512 g/mol. The van der Waals surface area contributed by atoms with Crippen LogP contribution >= 0.6 is 23.2 Å². The van der Waals surface area contributed by atoms with Crippen LogP contribution in [-0.2, 0) is 16.1 Å². The SMILES string of the molecule is CCCCNC(=O)[C@H](C)N(Cc1ccc(Cl)cc1Cl)C(=O)COc1ccc([N+](=O)[O-])c(OC)c1. The molecule has 1 N–H and O–H groups in total. The molecule has 1 atom stereocenters. The molecule has 2 rings (SSSR count). The van der Waals surface area contributed by atoms with Gasteiger partial charge in [-0.2, -0.15) is 0 Å². The molecule has 184 valence electrons. The summed E-state index contributed by atoms with van der Waals surface area (Å²) in [5.74, 6) is -0.561. The Bertz CT molecular complexity index is 1030. The summed E-state index contributed by atoms with van der Waals surface area (Å²) in [6, 6.07) is 8.03. The van der Waals surface area contributed by atoms with E-state index >= 15 is 0 Å². The van der Waals surface area contributed by atoms with Gasteiger partial charge in [0.05, 0.1) is 12.0 Å². The molecular weight excluding hydrogens is 485 g/mol. The van der Waals surface area contributed by atoms with Gasteiger partial charge in [-0.3, -0.25) is 19.7 Å². The first-order valence-electron chi connectivity index (χ1n) is 10.6. The molecule has 34 heavy (non-hydrogen) atoms. The number of hydrogen-bond acceptors (Lipinski definition) is 6. The van der Waals surface area contributed by atoms with Crippen molar-refractivity contribution in [3.05, 3.63) is 62.1 Å². The third-order valence-corrected chi connectivity index (χ3v) is 5.65. The number of rotatable bonds is 12. The van der Waals surface area contributed by atoms with Crippen LogP contribution in [0.15, 0.2) is 36.4 Å². The molecular formula is C23H27Cl2N3O6. The van der Waals surface area contributed by atoms with Gasteiger partial charge in [0.15, 0.2) is 6.61 Å². The van der Waals surface area contributed by atoms with E-state index < -0.39 is 23.5 Å². The predicted molar refractivity (Wildman–Crippen MR) is 130 cm³/mol. The van der Waals surface area contributed by atoms with Gasteiger partial charge in [-0.15, -0.1) is 0 Å². The van der Waals surface area contributed by atoms with Crippen LogP contribution < -0.4 is 14.8 Å². The summed E-state index contributed by atoms with van der Waals surface area (Å²) >= 11 is 12.3. The summed E-state index contributed by atoms with van der Waals surface area (Å²) in [7, 11) is 1.30. The second-order valence-corrected chi connectivity index (χ2v) is 8.30. The van der Waals surface area contributed by atoms with Crippen molar-refractivity contribution in [2.75, 3.05) is 20.3 Å². The Morgan fingerprint density at radius 3 is 2.56 bits per heavy atom. The van der Waals surface area contributed by atoms with Crippen LogP contribution in [0.5, 0.6) is 11.5 Å². The molecule has 0 radical (unpaired) electrons. The summed E-state index contributed by atoms with van der Waals surface area (Å²) in [5.41, 5.74) is 0.391. The van der Waals surface area contributed by atoms with Crippen LogP contribution in [0.1, 0.15) is 32.3 Å². The van der Waals surface area contributed by atoms with Gasteiger partial charge in [-0.25, -0.2) is 0 Å². The first-order chi connectivity index (χ1) is 16.2. The van der Waals surface area contributed by atoms with Gasteiger partial charge in [0.2, 0.25) is 11.7 Å². The fraction of sp³-hybridized carbons (Fsp3) is 0.391. The van der Waals surface area contributed by atoms with Crippen molar-refractivity contribution < 1.29 is 24.0 Å². The maximum Gasteiger partial charge on any atom is 0.311 e.